The molecule has 0 aromatic carbocycles. The van der Waals surface area contributed by atoms with Crippen molar-refractivity contribution < 1.29 is 9.90 Å². The molecule has 0 spiro atoms. The maximum Gasteiger partial charge on any atom is 0.146 e. The van der Waals surface area contributed by atoms with Crippen LogP contribution in [0.1, 0.15) is 12.8 Å². The van der Waals surface area contributed by atoms with Crippen LogP contribution in [0.4, 0.5) is 0 Å². The molecule has 0 aromatic heterocycles. The van der Waals surface area contributed by atoms with Crippen LogP contribution in [0.5, 0.6) is 0 Å². The molecule has 0 fully saturated rings. The van der Waals surface area contributed by atoms with Crippen molar-refractivity contribution in [2.75, 3.05) is 6.61 Å². The first-order chi connectivity index (χ1) is 5.26. The van der Waals surface area contributed by atoms with Crippen LogP contribution in [0.2, 0.25) is 0 Å². The lowest BCUT2D eigenvalue weighted by Crippen LogP contribution is -2.12. The summed E-state index contributed by atoms with van der Waals surface area (Å²) in [6.45, 7) is 3.91. The zero-order valence-electron chi connectivity index (χ0n) is 6.42. The summed E-state index contributed by atoms with van der Waals surface area (Å²) < 4.78 is 0. The van der Waals surface area contributed by atoms with Crippen LogP contribution in [0, 0.1) is 5.92 Å². The van der Waals surface area contributed by atoms with E-state index >= 15 is 0 Å². The zero-order valence-corrected chi connectivity index (χ0v) is 6.42. The average Bonchev–Trinajstić information content (AvgIpc) is 2.03. The summed E-state index contributed by atoms with van der Waals surface area (Å²) in [6.07, 6.45) is 4.15. The summed E-state index contributed by atoms with van der Waals surface area (Å²) in [7, 11) is 0. The summed E-state index contributed by atoms with van der Waals surface area (Å²) in [5.41, 5.74) is 1.69. The highest BCUT2D eigenvalue weighted by atomic mass is 16.3. The van der Waals surface area contributed by atoms with Crippen LogP contribution in [0.25, 0.3) is 0 Å². The topological polar surface area (TPSA) is 37.3 Å². The molecule has 60 valence electrons. The van der Waals surface area contributed by atoms with Crippen molar-refractivity contribution in [3.05, 3.63) is 23.8 Å². The van der Waals surface area contributed by atoms with E-state index in [2.05, 4.69) is 6.58 Å². The molecule has 1 N–H and O–H groups in total. The summed E-state index contributed by atoms with van der Waals surface area (Å²) in [5, 5.41) is 8.84. The quantitative estimate of drug-likeness (QED) is 0.601. The maximum absolute atomic E-state index is 10.4. The second-order valence-corrected chi connectivity index (χ2v) is 2.95. The van der Waals surface area contributed by atoms with Crippen molar-refractivity contribution in [3.63, 3.8) is 0 Å². The second-order valence-electron chi connectivity index (χ2n) is 2.95. The lowest BCUT2D eigenvalue weighted by atomic mass is 9.87. The molecule has 0 saturated carbocycles. The predicted octanol–water partition coefficient (Wildman–Crippen LogP) is 1.07. The minimum Gasteiger partial charge on any atom is -0.396 e. The van der Waals surface area contributed by atoms with E-state index in [9.17, 15) is 4.79 Å². The highest BCUT2D eigenvalue weighted by Gasteiger charge is 2.15. The molecular weight excluding hydrogens is 140 g/mol. The van der Waals surface area contributed by atoms with Crippen LogP contribution in [0.15, 0.2) is 23.8 Å². The van der Waals surface area contributed by atoms with Gasteiger partial charge < -0.3 is 5.11 Å². The number of hydrogen-bond acceptors (Lipinski definition) is 2. The first-order valence-corrected chi connectivity index (χ1v) is 3.70. The van der Waals surface area contributed by atoms with Gasteiger partial charge in [0.05, 0.1) is 0 Å². The van der Waals surface area contributed by atoms with Gasteiger partial charge in [-0.05, 0) is 24.3 Å². The average molecular weight is 152 g/mol. The van der Waals surface area contributed by atoms with Gasteiger partial charge in [0, 0.05) is 6.61 Å². The first-order valence-electron chi connectivity index (χ1n) is 3.70. The van der Waals surface area contributed by atoms with E-state index in [-0.39, 0.29) is 12.5 Å². The van der Waals surface area contributed by atoms with E-state index in [1.165, 1.54) is 0 Å². The Morgan fingerprint density at radius 2 is 2.45 bits per heavy atom. The Morgan fingerprint density at radius 3 is 3.00 bits per heavy atom. The van der Waals surface area contributed by atoms with E-state index in [4.69, 9.17) is 5.11 Å². The minimum atomic E-state index is 0.143. The Labute approximate surface area is 66.2 Å². The molecule has 1 aliphatic rings. The monoisotopic (exact) mass is 152 g/mol. The van der Waals surface area contributed by atoms with Gasteiger partial charge in [-0.15, -0.1) is 0 Å². The molecule has 0 saturated heterocycles. The number of aliphatic hydroxyl groups is 1. The number of allylic oxidation sites excluding steroid dienone is 3. The minimum absolute atomic E-state index is 0.143. The second kappa shape index (κ2) is 3.49. The van der Waals surface area contributed by atoms with Gasteiger partial charge >= 0.3 is 0 Å². The number of hydrogen-bond donors (Lipinski definition) is 1. The summed E-state index contributed by atoms with van der Waals surface area (Å²) in [6, 6.07) is 0. The normalized spacial score (nSPS) is 24.6. The molecule has 11 heavy (non-hydrogen) atoms. The van der Waals surface area contributed by atoms with Gasteiger partial charge in [-0.25, -0.2) is 0 Å². The van der Waals surface area contributed by atoms with E-state index < -0.39 is 0 Å². The largest absolute Gasteiger partial charge is 0.396 e. The molecule has 1 unspecified atom stereocenters. The van der Waals surface area contributed by atoms with Crippen molar-refractivity contribution in [2.45, 2.75) is 12.8 Å². The lowest BCUT2D eigenvalue weighted by molar-refractivity contribution is -0.105. The molecule has 2 nitrogen and oxygen atoms in total. The molecule has 2 heteroatoms. The summed E-state index contributed by atoms with van der Waals surface area (Å²) in [4.78, 5) is 10.4. The Hall–Kier alpha value is -0.890. The SMILES string of the molecule is C=C1C=C(C=O)CC(CO)C1. The molecule has 0 radical (unpaired) electrons. The highest BCUT2D eigenvalue weighted by molar-refractivity contribution is 5.74. The summed E-state index contributed by atoms with van der Waals surface area (Å²) in [5.74, 6) is 0.202. The molecule has 0 aliphatic heterocycles. The fourth-order valence-corrected chi connectivity index (χ4v) is 1.37. The molecule has 1 aliphatic carbocycles. The third kappa shape index (κ3) is 2.02. The van der Waals surface area contributed by atoms with E-state index in [1.54, 1.807) is 6.08 Å². The van der Waals surface area contributed by atoms with Gasteiger partial charge in [0.15, 0.2) is 0 Å². The Balaban J connectivity index is 2.69. The van der Waals surface area contributed by atoms with Gasteiger partial charge in [-0.3, -0.25) is 4.79 Å². The Morgan fingerprint density at radius 1 is 1.73 bits per heavy atom. The van der Waals surface area contributed by atoms with Crippen LogP contribution >= 0.6 is 0 Å². The smallest absolute Gasteiger partial charge is 0.146 e. The number of aliphatic hydroxyl groups excluding tert-OH is 1. The van der Waals surface area contributed by atoms with E-state index in [0.717, 1.165) is 23.9 Å². The van der Waals surface area contributed by atoms with Crippen molar-refractivity contribution in [1.82, 2.24) is 0 Å². The first kappa shape index (κ1) is 8.21. The third-order valence-corrected chi connectivity index (χ3v) is 1.87. The molecule has 0 heterocycles. The van der Waals surface area contributed by atoms with Crippen molar-refractivity contribution in [2.24, 2.45) is 5.92 Å². The van der Waals surface area contributed by atoms with Crippen molar-refractivity contribution >= 4 is 6.29 Å². The van der Waals surface area contributed by atoms with Gasteiger partial charge in [0.25, 0.3) is 0 Å². The maximum atomic E-state index is 10.4. The highest BCUT2D eigenvalue weighted by Crippen LogP contribution is 2.25. The van der Waals surface area contributed by atoms with Gasteiger partial charge in [0.1, 0.15) is 6.29 Å². The van der Waals surface area contributed by atoms with E-state index in [0.29, 0.717) is 6.42 Å². The fraction of sp³-hybridized carbons (Fsp3) is 0.444. The van der Waals surface area contributed by atoms with Gasteiger partial charge in [-0.1, -0.05) is 18.2 Å². The van der Waals surface area contributed by atoms with Crippen molar-refractivity contribution in [3.8, 4) is 0 Å². The number of carbonyl (C=O) groups excluding carboxylic acids is 1. The zero-order chi connectivity index (χ0) is 8.27. The molecule has 1 rings (SSSR count). The predicted molar refractivity (Wildman–Crippen MR) is 43.1 cm³/mol. The molecule has 1 atom stereocenters. The van der Waals surface area contributed by atoms with E-state index in [1.807, 2.05) is 0 Å². The van der Waals surface area contributed by atoms with Gasteiger partial charge in [-0.2, -0.15) is 0 Å². The number of carbonyl (C=O) groups is 1. The van der Waals surface area contributed by atoms with Crippen molar-refractivity contribution in [1.29, 1.82) is 0 Å². The Bertz CT molecular complexity index is 204. The van der Waals surface area contributed by atoms with Crippen LogP contribution in [0.3, 0.4) is 0 Å². The fourth-order valence-electron chi connectivity index (χ4n) is 1.37. The standard InChI is InChI=1S/C9H12O2/c1-7-2-8(5-10)4-9(3-7)6-11/h2,5,9,11H,1,3-4,6H2. The third-order valence-electron chi connectivity index (χ3n) is 1.87. The van der Waals surface area contributed by atoms with Crippen LogP contribution in [-0.4, -0.2) is 18.0 Å². The molecule has 0 aromatic rings. The lowest BCUT2D eigenvalue weighted by Gasteiger charge is -2.19. The van der Waals surface area contributed by atoms with Crippen LogP contribution < -0.4 is 0 Å². The number of aldehydes is 1. The number of rotatable bonds is 2. The summed E-state index contributed by atoms with van der Waals surface area (Å²) >= 11 is 0. The Kier molecular flexibility index (Phi) is 2.60. The molecule has 0 amide bonds. The van der Waals surface area contributed by atoms with Crippen LogP contribution in [-0.2, 0) is 4.79 Å². The molecular formula is C9H12O2. The molecule has 0 bridgehead atoms. The van der Waals surface area contributed by atoms with Gasteiger partial charge in [0.2, 0.25) is 0 Å².